The summed E-state index contributed by atoms with van der Waals surface area (Å²) >= 11 is 1.30. The largest absolute Gasteiger partial charge is 0.573 e. The number of aromatic nitrogens is 1. The van der Waals surface area contributed by atoms with Crippen LogP contribution in [0.2, 0.25) is 0 Å². The minimum absolute atomic E-state index is 0.182. The van der Waals surface area contributed by atoms with Crippen LogP contribution in [0.3, 0.4) is 0 Å². The molecule has 0 amide bonds. The topological polar surface area (TPSA) is 43.4 Å². The Morgan fingerprint density at radius 3 is 3.00 bits per heavy atom. The van der Waals surface area contributed by atoms with E-state index in [0.717, 1.165) is 19.4 Å². The number of nitrogens with zero attached hydrogens (tertiary/aromatic N) is 1. The van der Waals surface area contributed by atoms with Gasteiger partial charge in [0.1, 0.15) is 5.75 Å². The van der Waals surface area contributed by atoms with E-state index in [1.165, 1.54) is 29.5 Å². The third-order valence-electron chi connectivity index (χ3n) is 3.10. The molecule has 0 radical (unpaired) electrons. The Bertz CT molecular complexity index is 623. The van der Waals surface area contributed by atoms with E-state index in [1.54, 1.807) is 0 Å². The highest BCUT2D eigenvalue weighted by Crippen LogP contribution is 2.31. The molecule has 1 fully saturated rings. The highest BCUT2D eigenvalue weighted by Gasteiger charge is 2.31. The van der Waals surface area contributed by atoms with Gasteiger partial charge in [-0.05, 0) is 25.0 Å². The van der Waals surface area contributed by atoms with Gasteiger partial charge in [-0.25, -0.2) is 4.98 Å². The lowest BCUT2D eigenvalue weighted by atomic mass is 10.2. The third kappa shape index (κ3) is 3.76. The summed E-state index contributed by atoms with van der Waals surface area (Å²) < 4.78 is 46.6. The van der Waals surface area contributed by atoms with Gasteiger partial charge in [-0.3, -0.25) is 0 Å². The molecule has 1 aromatic carbocycles. The van der Waals surface area contributed by atoms with Gasteiger partial charge in [-0.1, -0.05) is 11.3 Å². The van der Waals surface area contributed by atoms with Crippen molar-refractivity contribution in [1.82, 2.24) is 4.98 Å². The minimum atomic E-state index is -4.68. The van der Waals surface area contributed by atoms with E-state index < -0.39 is 6.36 Å². The monoisotopic (exact) mass is 318 g/mol. The van der Waals surface area contributed by atoms with E-state index in [0.29, 0.717) is 21.9 Å². The number of thiazole rings is 1. The van der Waals surface area contributed by atoms with Crippen LogP contribution >= 0.6 is 11.3 Å². The van der Waals surface area contributed by atoms with Crippen molar-refractivity contribution in [1.29, 1.82) is 0 Å². The van der Waals surface area contributed by atoms with E-state index >= 15 is 0 Å². The summed E-state index contributed by atoms with van der Waals surface area (Å²) in [6.07, 6.45) is -2.42. The molecule has 21 heavy (non-hydrogen) atoms. The van der Waals surface area contributed by atoms with Crippen molar-refractivity contribution in [2.75, 3.05) is 18.5 Å². The Morgan fingerprint density at radius 2 is 2.29 bits per heavy atom. The fourth-order valence-corrected chi connectivity index (χ4v) is 3.09. The van der Waals surface area contributed by atoms with Gasteiger partial charge in [0.05, 0.1) is 16.3 Å². The van der Waals surface area contributed by atoms with E-state index in [9.17, 15) is 13.2 Å². The SMILES string of the molecule is FC(F)(F)Oc1ccc2nc(NCC3CCCO3)sc2c1. The van der Waals surface area contributed by atoms with Crippen molar-refractivity contribution in [3.05, 3.63) is 18.2 Å². The van der Waals surface area contributed by atoms with Crippen LogP contribution in [0.1, 0.15) is 12.8 Å². The predicted octanol–water partition coefficient (Wildman–Crippen LogP) is 3.79. The summed E-state index contributed by atoms with van der Waals surface area (Å²) in [6, 6.07) is 4.13. The van der Waals surface area contributed by atoms with Crippen LogP contribution in [0.4, 0.5) is 18.3 Å². The molecule has 2 heterocycles. The van der Waals surface area contributed by atoms with Crippen LogP contribution in [0.5, 0.6) is 5.75 Å². The van der Waals surface area contributed by atoms with Crippen molar-refractivity contribution in [2.45, 2.75) is 25.3 Å². The number of rotatable bonds is 4. The van der Waals surface area contributed by atoms with Crippen LogP contribution < -0.4 is 10.1 Å². The minimum Gasteiger partial charge on any atom is -0.406 e. The molecule has 1 aromatic heterocycles. The Balaban J connectivity index is 1.70. The van der Waals surface area contributed by atoms with Crippen molar-refractivity contribution >= 4 is 26.7 Å². The number of hydrogen-bond acceptors (Lipinski definition) is 5. The zero-order chi connectivity index (χ0) is 14.9. The first kappa shape index (κ1) is 14.4. The lowest BCUT2D eigenvalue weighted by Gasteiger charge is -2.08. The van der Waals surface area contributed by atoms with Gasteiger partial charge in [0, 0.05) is 19.2 Å². The molecular formula is C13H13F3N2O2S. The normalized spacial score (nSPS) is 19.1. The zero-order valence-corrected chi connectivity index (χ0v) is 11.8. The Kier molecular flexibility index (Phi) is 3.90. The van der Waals surface area contributed by atoms with E-state index in [-0.39, 0.29) is 11.9 Å². The summed E-state index contributed by atoms with van der Waals surface area (Å²) in [5.74, 6) is -0.232. The maximum atomic E-state index is 12.2. The number of hydrogen-bond donors (Lipinski definition) is 1. The average molecular weight is 318 g/mol. The summed E-state index contributed by atoms with van der Waals surface area (Å²) in [6.45, 7) is 1.44. The molecule has 8 heteroatoms. The molecule has 1 N–H and O–H groups in total. The van der Waals surface area contributed by atoms with Crippen LogP contribution in [0.25, 0.3) is 10.2 Å². The van der Waals surface area contributed by atoms with E-state index in [4.69, 9.17) is 4.74 Å². The predicted molar refractivity (Wildman–Crippen MR) is 73.8 cm³/mol. The van der Waals surface area contributed by atoms with Crippen molar-refractivity contribution < 1.29 is 22.6 Å². The van der Waals surface area contributed by atoms with Crippen LogP contribution in [0, 0.1) is 0 Å². The fourth-order valence-electron chi connectivity index (χ4n) is 2.18. The first-order valence-electron chi connectivity index (χ1n) is 6.51. The van der Waals surface area contributed by atoms with Gasteiger partial charge < -0.3 is 14.8 Å². The van der Waals surface area contributed by atoms with Gasteiger partial charge in [0.25, 0.3) is 0 Å². The number of benzene rings is 1. The molecule has 0 bridgehead atoms. The van der Waals surface area contributed by atoms with Crippen LogP contribution in [-0.4, -0.2) is 30.6 Å². The first-order chi connectivity index (χ1) is 9.99. The number of alkyl halides is 3. The number of halogens is 3. The molecule has 1 saturated heterocycles. The standard InChI is InChI=1S/C13H13F3N2O2S/c14-13(15,16)20-8-3-4-10-11(6-8)21-12(18-10)17-7-9-2-1-5-19-9/h3-4,6,9H,1-2,5,7H2,(H,17,18). The van der Waals surface area contributed by atoms with Gasteiger partial charge >= 0.3 is 6.36 Å². The quantitative estimate of drug-likeness (QED) is 0.931. The molecule has 1 unspecified atom stereocenters. The number of ether oxygens (including phenoxy) is 2. The number of fused-ring (bicyclic) bond motifs is 1. The molecule has 114 valence electrons. The lowest BCUT2D eigenvalue weighted by molar-refractivity contribution is -0.274. The Hall–Kier alpha value is -1.54. The maximum absolute atomic E-state index is 12.2. The van der Waals surface area contributed by atoms with Gasteiger partial charge in [0.2, 0.25) is 0 Å². The summed E-state index contributed by atoms with van der Waals surface area (Å²) in [7, 11) is 0. The molecule has 0 spiro atoms. The average Bonchev–Trinajstić information content (AvgIpc) is 3.02. The summed E-state index contributed by atoms with van der Waals surface area (Å²) in [4.78, 5) is 4.33. The number of nitrogens with one attached hydrogen (secondary N) is 1. The van der Waals surface area contributed by atoms with Crippen LogP contribution in [-0.2, 0) is 4.74 Å². The van der Waals surface area contributed by atoms with Gasteiger partial charge in [-0.15, -0.1) is 13.2 Å². The molecule has 1 aliphatic heterocycles. The molecule has 1 atom stereocenters. The first-order valence-corrected chi connectivity index (χ1v) is 7.33. The highest BCUT2D eigenvalue weighted by molar-refractivity contribution is 7.22. The van der Waals surface area contributed by atoms with Gasteiger partial charge in [0.15, 0.2) is 5.13 Å². The summed E-state index contributed by atoms with van der Waals surface area (Å²) in [5.41, 5.74) is 0.643. The Morgan fingerprint density at radius 1 is 1.43 bits per heavy atom. The van der Waals surface area contributed by atoms with E-state index in [2.05, 4.69) is 15.0 Å². The smallest absolute Gasteiger partial charge is 0.406 e. The molecule has 1 aliphatic rings. The molecule has 4 nitrogen and oxygen atoms in total. The zero-order valence-electron chi connectivity index (χ0n) is 10.9. The van der Waals surface area contributed by atoms with Crippen molar-refractivity contribution in [3.8, 4) is 5.75 Å². The highest BCUT2D eigenvalue weighted by atomic mass is 32.1. The number of anilines is 1. The molecule has 0 saturated carbocycles. The Labute approximate surface area is 122 Å². The van der Waals surface area contributed by atoms with Gasteiger partial charge in [-0.2, -0.15) is 0 Å². The fraction of sp³-hybridized carbons (Fsp3) is 0.462. The second-order valence-electron chi connectivity index (χ2n) is 4.71. The lowest BCUT2D eigenvalue weighted by Crippen LogP contribution is -2.18. The maximum Gasteiger partial charge on any atom is 0.573 e. The van der Waals surface area contributed by atoms with Crippen molar-refractivity contribution in [2.24, 2.45) is 0 Å². The van der Waals surface area contributed by atoms with Crippen molar-refractivity contribution in [3.63, 3.8) is 0 Å². The second kappa shape index (κ2) is 5.69. The van der Waals surface area contributed by atoms with E-state index in [1.807, 2.05) is 0 Å². The third-order valence-corrected chi connectivity index (χ3v) is 4.07. The molecular weight excluding hydrogens is 305 g/mol. The molecule has 3 rings (SSSR count). The summed E-state index contributed by atoms with van der Waals surface area (Å²) in [5, 5.41) is 3.83. The van der Waals surface area contributed by atoms with Crippen LogP contribution in [0.15, 0.2) is 18.2 Å². The second-order valence-corrected chi connectivity index (χ2v) is 5.74. The molecule has 0 aliphatic carbocycles. The molecule has 2 aromatic rings.